The Balaban J connectivity index is 1.66. The van der Waals surface area contributed by atoms with Crippen LogP contribution in [0.1, 0.15) is 20.7 Å². The fraction of sp³-hybridized carbons (Fsp3) is 0. The zero-order valence-electron chi connectivity index (χ0n) is 15.4. The zero-order chi connectivity index (χ0) is 21.7. The number of rotatable bonds is 5. The lowest BCUT2D eigenvalue weighted by Gasteiger charge is -2.10. The third-order valence-corrected chi connectivity index (χ3v) is 4.01. The van der Waals surface area contributed by atoms with E-state index in [2.05, 4.69) is 16.0 Å². The lowest BCUT2D eigenvalue weighted by Crippen LogP contribution is -2.19. The Morgan fingerprint density at radius 1 is 0.733 bits per heavy atom. The molecule has 0 aliphatic carbocycles. The van der Waals surface area contributed by atoms with Gasteiger partial charge in [0.1, 0.15) is 11.6 Å². The van der Waals surface area contributed by atoms with E-state index >= 15 is 0 Å². The molecule has 0 aliphatic heterocycles. The second kappa shape index (κ2) is 8.82. The lowest BCUT2D eigenvalue weighted by atomic mass is 10.1. The van der Waals surface area contributed by atoms with Gasteiger partial charge >= 0.3 is 6.03 Å². The quantitative estimate of drug-likeness (QED) is 0.511. The monoisotopic (exact) mass is 410 g/mol. The predicted molar refractivity (Wildman–Crippen MR) is 108 cm³/mol. The number of primary amides is 1. The fourth-order valence-electron chi connectivity index (χ4n) is 2.55. The highest BCUT2D eigenvalue weighted by atomic mass is 19.1. The van der Waals surface area contributed by atoms with Crippen molar-refractivity contribution in [1.29, 1.82) is 0 Å². The summed E-state index contributed by atoms with van der Waals surface area (Å²) in [4.78, 5) is 35.5. The Hall–Kier alpha value is -4.27. The normalized spacial score (nSPS) is 10.2. The Morgan fingerprint density at radius 3 is 1.93 bits per heavy atom. The summed E-state index contributed by atoms with van der Waals surface area (Å²) >= 11 is 0. The van der Waals surface area contributed by atoms with Crippen LogP contribution in [0, 0.1) is 11.6 Å². The van der Waals surface area contributed by atoms with Crippen LogP contribution in [0.25, 0.3) is 0 Å². The van der Waals surface area contributed by atoms with E-state index in [0.717, 1.165) is 6.07 Å². The first-order chi connectivity index (χ1) is 14.3. The number of benzene rings is 3. The van der Waals surface area contributed by atoms with E-state index in [9.17, 15) is 23.2 Å². The average Bonchev–Trinajstić information content (AvgIpc) is 2.71. The topological polar surface area (TPSA) is 113 Å². The minimum Gasteiger partial charge on any atom is -0.366 e. The molecule has 30 heavy (non-hydrogen) atoms. The molecule has 7 nitrogen and oxygen atoms in total. The third kappa shape index (κ3) is 4.96. The molecule has 0 saturated carbocycles. The van der Waals surface area contributed by atoms with Crippen molar-refractivity contribution in [1.82, 2.24) is 0 Å². The molecule has 3 aromatic carbocycles. The highest BCUT2D eigenvalue weighted by Crippen LogP contribution is 2.20. The molecule has 0 bridgehead atoms. The van der Waals surface area contributed by atoms with Crippen molar-refractivity contribution in [3.05, 3.63) is 89.5 Å². The number of hydrogen-bond acceptors (Lipinski definition) is 3. The molecule has 0 atom stereocenters. The Labute approximate surface area is 169 Å². The van der Waals surface area contributed by atoms with Crippen LogP contribution in [0.2, 0.25) is 0 Å². The van der Waals surface area contributed by atoms with Crippen molar-refractivity contribution in [2.75, 3.05) is 16.0 Å². The predicted octanol–water partition coefficient (Wildman–Crippen LogP) is 3.96. The summed E-state index contributed by atoms with van der Waals surface area (Å²) in [5.74, 6) is -3.97. The average molecular weight is 410 g/mol. The molecule has 0 saturated heterocycles. The number of nitrogens with one attached hydrogen (secondary N) is 3. The molecule has 3 rings (SSSR count). The van der Waals surface area contributed by atoms with Gasteiger partial charge in [-0.1, -0.05) is 18.2 Å². The van der Waals surface area contributed by atoms with Gasteiger partial charge in [0, 0.05) is 23.0 Å². The maximum Gasteiger partial charge on any atom is 0.323 e. The van der Waals surface area contributed by atoms with Crippen molar-refractivity contribution in [2.45, 2.75) is 0 Å². The summed E-state index contributed by atoms with van der Waals surface area (Å²) in [6.07, 6.45) is 0. The summed E-state index contributed by atoms with van der Waals surface area (Å²) in [6, 6.07) is 15.4. The number of nitrogens with two attached hydrogens (primary N) is 1. The summed E-state index contributed by atoms with van der Waals surface area (Å²) in [5, 5.41) is 7.51. The van der Waals surface area contributed by atoms with E-state index in [1.165, 1.54) is 24.3 Å². The zero-order valence-corrected chi connectivity index (χ0v) is 15.4. The Kier molecular flexibility index (Phi) is 6.02. The van der Waals surface area contributed by atoms with E-state index in [1.54, 1.807) is 24.3 Å². The fourth-order valence-corrected chi connectivity index (χ4v) is 2.55. The molecule has 0 spiro atoms. The highest BCUT2D eigenvalue weighted by Gasteiger charge is 2.16. The van der Waals surface area contributed by atoms with E-state index in [-0.39, 0.29) is 11.3 Å². The maximum atomic E-state index is 13.9. The van der Waals surface area contributed by atoms with Crippen LogP contribution >= 0.6 is 0 Å². The number of para-hydroxylation sites is 1. The molecule has 0 heterocycles. The van der Waals surface area contributed by atoms with Crippen LogP contribution in [0.5, 0.6) is 0 Å². The van der Waals surface area contributed by atoms with Gasteiger partial charge in [-0.15, -0.1) is 0 Å². The second-order valence-electron chi connectivity index (χ2n) is 6.15. The van der Waals surface area contributed by atoms with Crippen LogP contribution in [0.3, 0.4) is 0 Å². The molecule has 5 N–H and O–H groups in total. The van der Waals surface area contributed by atoms with E-state index in [4.69, 9.17) is 5.73 Å². The largest absolute Gasteiger partial charge is 0.366 e. The van der Waals surface area contributed by atoms with Gasteiger partial charge in [0.15, 0.2) is 0 Å². The number of anilines is 3. The van der Waals surface area contributed by atoms with Crippen LogP contribution < -0.4 is 21.7 Å². The number of carbonyl (C=O) groups is 3. The molecule has 0 aromatic heterocycles. The van der Waals surface area contributed by atoms with Gasteiger partial charge in [-0.3, -0.25) is 9.59 Å². The molecule has 0 unspecified atom stereocenters. The molecule has 0 radical (unpaired) electrons. The first kappa shape index (κ1) is 20.5. The Morgan fingerprint density at radius 2 is 1.33 bits per heavy atom. The second-order valence-corrected chi connectivity index (χ2v) is 6.15. The van der Waals surface area contributed by atoms with Crippen LogP contribution in [0.15, 0.2) is 66.7 Å². The molecular weight excluding hydrogens is 394 g/mol. The summed E-state index contributed by atoms with van der Waals surface area (Å²) in [6.45, 7) is 0. The highest BCUT2D eigenvalue weighted by molar-refractivity contribution is 6.06. The van der Waals surface area contributed by atoms with Gasteiger partial charge in [-0.2, -0.15) is 0 Å². The van der Waals surface area contributed by atoms with Crippen molar-refractivity contribution in [3.8, 4) is 0 Å². The molecule has 0 fully saturated rings. The van der Waals surface area contributed by atoms with E-state index in [0.29, 0.717) is 17.4 Å². The number of halogens is 2. The Bertz CT molecular complexity index is 1100. The molecular formula is C21H16F2N4O3. The van der Waals surface area contributed by atoms with Gasteiger partial charge in [-0.05, 0) is 42.5 Å². The van der Waals surface area contributed by atoms with Gasteiger partial charge in [0.25, 0.3) is 11.8 Å². The number of carbonyl (C=O) groups excluding carboxylic acids is 3. The summed E-state index contributed by atoms with van der Waals surface area (Å²) in [7, 11) is 0. The lowest BCUT2D eigenvalue weighted by molar-refractivity contribution is 0.0992. The van der Waals surface area contributed by atoms with Gasteiger partial charge in [0.2, 0.25) is 0 Å². The minimum atomic E-state index is -1.12. The van der Waals surface area contributed by atoms with Gasteiger partial charge < -0.3 is 21.7 Å². The maximum absolute atomic E-state index is 13.9. The summed E-state index contributed by atoms with van der Waals surface area (Å²) in [5.41, 5.74) is 5.27. The molecule has 152 valence electrons. The summed E-state index contributed by atoms with van der Waals surface area (Å²) < 4.78 is 27.4. The number of urea groups is 1. The number of amides is 4. The van der Waals surface area contributed by atoms with Crippen molar-refractivity contribution in [2.24, 2.45) is 5.73 Å². The standard InChI is InChI=1S/C21H16F2N4O3/c22-16-11-17(23)18(10-15(16)19(24)28)27-20(29)12-6-8-14(9-7-12)26-21(30)25-13-4-2-1-3-5-13/h1-11H,(H2,24,28)(H,27,29)(H2,25,26,30). The molecule has 3 aromatic rings. The minimum absolute atomic E-state index is 0.147. The van der Waals surface area contributed by atoms with Crippen LogP contribution in [-0.4, -0.2) is 17.8 Å². The first-order valence-electron chi connectivity index (χ1n) is 8.67. The van der Waals surface area contributed by atoms with Crippen LogP contribution in [-0.2, 0) is 0 Å². The van der Waals surface area contributed by atoms with E-state index in [1.807, 2.05) is 6.07 Å². The van der Waals surface area contributed by atoms with Crippen LogP contribution in [0.4, 0.5) is 30.6 Å². The molecule has 4 amide bonds. The molecule has 0 aliphatic rings. The van der Waals surface area contributed by atoms with Crippen molar-refractivity contribution in [3.63, 3.8) is 0 Å². The number of hydrogen-bond donors (Lipinski definition) is 4. The van der Waals surface area contributed by atoms with Gasteiger partial charge in [0.05, 0.1) is 11.3 Å². The van der Waals surface area contributed by atoms with Gasteiger partial charge in [-0.25, -0.2) is 13.6 Å². The SMILES string of the molecule is NC(=O)c1cc(NC(=O)c2ccc(NC(=O)Nc3ccccc3)cc2)c(F)cc1F. The third-order valence-electron chi connectivity index (χ3n) is 4.01. The first-order valence-corrected chi connectivity index (χ1v) is 8.67. The van der Waals surface area contributed by atoms with Crippen molar-refractivity contribution >= 4 is 34.9 Å². The van der Waals surface area contributed by atoms with Crippen molar-refractivity contribution < 1.29 is 23.2 Å². The molecule has 9 heteroatoms. The smallest absolute Gasteiger partial charge is 0.323 e. The van der Waals surface area contributed by atoms with E-state index < -0.39 is 35.0 Å².